The molecule has 1 atom stereocenters. The van der Waals surface area contributed by atoms with Crippen molar-refractivity contribution in [1.82, 2.24) is 14.0 Å². The van der Waals surface area contributed by atoms with E-state index in [0.717, 1.165) is 25.7 Å². The van der Waals surface area contributed by atoms with Gasteiger partial charge in [0.05, 0.1) is 15.6 Å². The molecule has 0 bridgehead atoms. The average Bonchev–Trinajstić information content (AvgIpc) is 3.27. The number of hydrogen-bond donors (Lipinski definition) is 3. The van der Waals surface area contributed by atoms with Crippen LogP contribution >= 0.6 is 23.2 Å². The highest BCUT2D eigenvalue weighted by atomic mass is 35.5. The van der Waals surface area contributed by atoms with Crippen LogP contribution < -0.4 is 10.0 Å². The molecule has 0 radical (unpaired) electrons. The highest BCUT2D eigenvalue weighted by Gasteiger charge is 2.36. The maximum atomic E-state index is 13.1. The first kappa shape index (κ1) is 27.3. The Morgan fingerprint density at radius 2 is 1.69 bits per heavy atom. The molecule has 12 heteroatoms. The molecule has 9 nitrogen and oxygen atoms in total. The lowest BCUT2D eigenvalue weighted by molar-refractivity contribution is -0.139. The van der Waals surface area contributed by atoms with E-state index in [-0.39, 0.29) is 34.1 Å². The van der Waals surface area contributed by atoms with Crippen molar-refractivity contribution in [2.45, 2.75) is 64.1 Å². The summed E-state index contributed by atoms with van der Waals surface area (Å²) in [7, 11) is -4.02. The molecule has 0 spiro atoms. The Morgan fingerprint density at radius 3 is 2.20 bits per heavy atom. The molecule has 1 fully saturated rings. The maximum absolute atomic E-state index is 13.1. The number of nitrogens with zero attached hydrogens (tertiary/aromatic N) is 2. The van der Waals surface area contributed by atoms with Crippen molar-refractivity contribution < 1.29 is 23.1 Å². The molecular formula is C23H28Cl2N4O5S. The Morgan fingerprint density at radius 1 is 1.11 bits per heavy atom. The number of pyridine rings is 1. The summed E-state index contributed by atoms with van der Waals surface area (Å²) in [5, 5.41) is 12.6. The number of benzene rings is 1. The van der Waals surface area contributed by atoms with Gasteiger partial charge in [0, 0.05) is 30.2 Å². The Bertz CT molecular complexity index is 1150. The van der Waals surface area contributed by atoms with Gasteiger partial charge in [0.25, 0.3) is 16.1 Å². The van der Waals surface area contributed by atoms with Crippen molar-refractivity contribution in [3.63, 3.8) is 0 Å². The number of anilines is 1. The Labute approximate surface area is 215 Å². The van der Waals surface area contributed by atoms with Gasteiger partial charge in [-0.15, -0.1) is 0 Å². The summed E-state index contributed by atoms with van der Waals surface area (Å²) in [4.78, 5) is 28.2. The predicted octanol–water partition coefficient (Wildman–Crippen LogP) is 4.12. The molecule has 1 heterocycles. The Hall–Kier alpha value is -2.24. The monoisotopic (exact) mass is 542 g/mol. The number of carbonyl (C=O) groups excluding carboxylic acids is 1. The van der Waals surface area contributed by atoms with Gasteiger partial charge in [0.1, 0.15) is 6.04 Å². The number of carbonyl (C=O) groups is 2. The first-order valence-electron chi connectivity index (χ1n) is 11.2. The third-order valence-electron chi connectivity index (χ3n) is 5.79. The van der Waals surface area contributed by atoms with Gasteiger partial charge in [-0.1, -0.05) is 48.2 Å². The van der Waals surface area contributed by atoms with E-state index in [9.17, 15) is 23.1 Å². The Balaban J connectivity index is 1.70. The molecule has 1 amide bonds. The second-order valence-corrected chi connectivity index (χ2v) is 11.1. The molecule has 1 aromatic heterocycles. The molecule has 1 unspecified atom stereocenters. The van der Waals surface area contributed by atoms with E-state index in [1.54, 1.807) is 38.1 Å². The predicted molar refractivity (Wildman–Crippen MR) is 135 cm³/mol. The van der Waals surface area contributed by atoms with Crippen LogP contribution in [-0.2, 0) is 21.4 Å². The number of aromatic nitrogens is 1. The number of nitrogens with one attached hydrogen (secondary N) is 2. The third kappa shape index (κ3) is 6.92. The number of halogens is 2. The Kier molecular flexibility index (Phi) is 9.11. The molecule has 1 aliphatic rings. The largest absolute Gasteiger partial charge is 0.480 e. The first-order valence-corrected chi connectivity index (χ1v) is 13.4. The molecule has 3 rings (SSSR count). The SMILES string of the molecule is CC(C)N(C1CCCC1)S(=O)(=O)NC(Cc1ccc(NC(=O)c2c(Cl)cncc2Cl)cc1)C(=O)O. The molecule has 0 saturated heterocycles. The van der Waals surface area contributed by atoms with E-state index in [4.69, 9.17) is 23.2 Å². The maximum Gasteiger partial charge on any atom is 0.322 e. The summed E-state index contributed by atoms with van der Waals surface area (Å²) < 4.78 is 30.0. The number of rotatable bonds is 10. The zero-order valence-corrected chi connectivity index (χ0v) is 21.7. The van der Waals surface area contributed by atoms with Gasteiger partial charge >= 0.3 is 5.97 Å². The highest BCUT2D eigenvalue weighted by molar-refractivity contribution is 7.87. The fourth-order valence-corrected chi connectivity index (χ4v) is 6.62. The molecule has 3 N–H and O–H groups in total. The van der Waals surface area contributed by atoms with Crippen LogP contribution in [-0.4, -0.2) is 52.8 Å². The van der Waals surface area contributed by atoms with Crippen molar-refractivity contribution in [2.24, 2.45) is 0 Å². The van der Waals surface area contributed by atoms with Crippen LogP contribution in [0.2, 0.25) is 10.0 Å². The smallest absolute Gasteiger partial charge is 0.322 e. The second-order valence-electron chi connectivity index (χ2n) is 8.71. The van der Waals surface area contributed by atoms with Crippen LogP contribution in [0.5, 0.6) is 0 Å². The lowest BCUT2D eigenvalue weighted by atomic mass is 10.1. The highest BCUT2D eigenvalue weighted by Crippen LogP contribution is 2.27. The van der Waals surface area contributed by atoms with E-state index in [0.29, 0.717) is 11.3 Å². The molecule has 35 heavy (non-hydrogen) atoms. The summed E-state index contributed by atoms with van der Waals surface area (Å²) in [6.07, 6.45) is 5.99. The van der Waals surface area contributed by atoms with E-state index < -0.39 is 28.1 Å². The quantitative estimate of drug-likeness (QED) is 0.414. The van der Waals surface area contributed by atoms with Gasteiger partial charge in [-0.25, -0.2) is 0 Å². The van der Waals surface area contributed by atoms with E-state index in [1.807, 2.05) is 0 Å². The summed E-state index contributed by atoms with van der Waals surface area (Å²) >= 11 is 12.0. The number of amides is 1. The lowest BCUT2D eigenvalue weighted by Crippen LogP contribution is -2.54. The number of aliphatic carboxylic acids is 1. The number of hydrogen-bond acceptors (Lipinski definition) is 5. The fourth-order valence-electron chi connectivity index (χ4n) is 4.26. The van der Waals surface area contributed by atoms with Crippen molar-refractivity contribution in [2.75, 3.05) is 5.32 Å². The van der Waals surface area contributed by atoms with Crippen molar-refractivity contribution in [3.05, 3.63) is 57.8 Å². The van der Waals surface area contributed by atoms with Crippen LogP contribution in [0.3, 0.4) is 0 Å². The molecular weight excluding hydrogens is 515 g/mol. The molecule has 1 aliphatic carbocycles. The van der Waals surface area contributed by atoms with Crippen LogP contribution in [0, 0.1) is 0 Å². The topological polar surface area (TPSA) is 129 Å². The van der Waals surface area contributed by atoms with Gasteiger partial charge < -0.3 is 10.4 Å². The minimum Gasteiger partial charge on any atom is -0.480 e. The molecule has 1 aromatic carbocycles. The van der Waals surface area contributed by atoms with Gasteiger partial charge in [-0.2, -0.15) is 17.4 Å². The molecule has 2 aromatic rings. The summed E-state index contributed by atoms with van der Waals surface area (Å²) in [5.74, 6) is -1.80. The standard InChI is InChI=1S/C23H28Cl2N4O5S/c1-14(2)29(17-5-3-4-6-17)35(33,34)28-20(23(31)32)11-15-7-9-16(10-8-15)27-22(30)21-18(24)12-26-13-19(21)25/h7-10,12-14,17,20,28H,3-6,11H2,1-2H3,(H,27,30)(H,31,32). The number of carboxylic acid groups (broad SMARTS) is 1. The zero-order valence-electron chi connectivity index (χ0n) is 19.4. The van der Waals surface area contributed by atoms with Crippen LogP contribution in [0.25, 0.3) is 0 Å². The average molecular weight is 543 g/mol. The normalized spacial score (nSPS) is 15.5. The molecule has 190 valence electrons. The van der Waals surface area contributed by atoms with Crippen LogP contribution in [0.15, 0.2) is 36.7 Å². The second kappa shape index (κ2) is 11.7. The third-order valence-corrected chi connectivity index (χ3v) is 8.22. The lowest BCUT2D eigenvalue weighted by Gasteiger charge is -2.32. The van der Waals surface area contributed by atoms with E-state index in [1.165, 1.54) is 16.7 Å². The summed E-state index contributed by atoms with van der Waals surface area (Å²) in [6, 6.07) is 4.63. The zero-order chi connectivity index (χ0) is 25.8. The minimum absolute atomic E-state index is 0.0681. The van der Waals surface area contributed by atoms with Crippen LogP contribution in [0.1, 0.15) is 55.5 Å². The van der Waals surface area contributed by atoms with Crippen molar-refractivity contribution >= 4 is 51.0 Å². The van der Waals surface area contributed by atoms with Gasteiger partial charge in [-0.3, -0.25) is 14.6 Å². The number of carboxylic acids is 1. The van der Waals surface area contributed by atoms with Gasteiger partial charge in [0.15, 0.2) is 0 Å². The van der Waals surface area contributed by atoms with Crippen molar-refractivity contribution in [3.8, 4) is 0 Å². The summed E-state index contributed by atoms with van der Waals surface area (Å²) in [6.45, 7) is 3.57. The van der Waals surface area contributed by atoms with E-state index in [2.05, 4.69) is 15.0 Å². The minimum atomic E-state index is -4.02. The van der Waals surface area contributed by atoms with Crippen molar-refractivity contribution in [1.29, 1.82) is 0 Å². The first-order chi connectivity index (χ1) is 16.5. The van der Waals surface area contributed by atoms with Gasteiger partial charge in [0.2, 0.25) is 0 Å². The van der Waals surface area contributed by atoms with Crippen LogP contribution in [0.4, 0.5) is 5.69 Å². The van der Waals surface area contributed by atoms with Gasteiger partial charge in [-0.05, 0) is 50.8 Å². The van der Waals surface area contributed by atoms with E-state index >= 15 is 0 Å². The summed E-state index contributed by atoms with van der Waals surface area (Å²) in [5.41, 5.74) is 1.10. The molecule has 1 saturated carbocycles. The molecule has 0 aliphatic heterocycles. The fraction of sp³-hybridized carbons (Fsp3) is 0.435.